The lowest BCUT2D eigenvalue weighted by atomic mass is 10.1. The molecule has 126 valence electrons. The first-order valence-corrected chi connectivity index (χ1v) is 8.24. The number of nitrogens with zero attached hydrogens (tertiary/aromatic N) is 5. The summed E-state index contributed by atoms with van der Waals surface area (Å²) >= 11 is 0. The number of imidazole rings is 1. The van der Waals surface area contributed by atoms with Gasteiger partial charge in [0.15, 0.2) is 5.82 Å². The fourth-order valence-electron chi connectivity index (χ4n) is 3.05. The number of fused-ring (bicyclic) bond motifs is 1. The molecule has 0 aliphatic rings. The average molecular weight is 332 g/mol. The van der Waals surface area contributed by atoms with E-state index in [1.165, 1.54) is 0 Å². The number of hydrogen-bond donors (Lipinski definition) is 1. The molecule has 0 amide bonds. The van der Waals surface area contributed by atoms with Gasteiger partial charge in [0.2, 0.25) is 0 Å². The van der Waals surface area contributed by atoms with Crippen LogP contribution in [0.15, 0.2) is 48.8 Å². The minimum atomic E-state index is -0.107. The maximum atomic E-state index is 5.99. The van der Waals surface area contributed by atoms with Crippen LogP contribution < -0.4 is 5.73 Å². The predicted molar refractivity (Wildman–Crippen MR) is 98.4 cm³/mol. The van der Waals surface area contributed by atoms with Crippen molar-refractivity contribution in [3.63, 3.8) is 0 Å². The van der Waals surface area contributed by atoms with Crippen molar-refractivity contribution in [1.82, 2.24) is 24.3 Å². The smallest absolute Gasteiger partial charge is 0.154 e. The summed E-state index contributed by atoms with van der Waals surface area (Å²) in [5.41, 5.74) is 9.89. The normalized spacial score (nSPS) is 12.6. The highest BCUT2D eigenvalue weighted by Gasteiger charge is 2.13. The molecule has 25 heavy (non-hydrogen) atoms. The van der Waals surface area contributed by atoms with Gasteiger partial charge in [-0.05, 0) is 32.0 Å². The summed E-state index contributed by atoms with van der Waals surface area (Å²) in [4.78, 5) is 9.25. The van der Waals surface area contributed by atoms with E-state index in [2.05, 4.69) is 33.3 Å². The summed E-state index contributed by atoms with van der Waals surface area (Å²) in [5, 5.41) is 5.57. The van der Waals surface area contributed by atoms with Gasteiger partial charge in [0.1, 0.15) is 5.82 Å². The summed E-state index contributed by atoms with van der Waals surface area (Å²) in [7, 11) is 1.97. The minimum absolute atomic E-state index is 0.107. The van der Waals surface area contributed by atoms with Crippen molar-refractivity contribution in [2.75, 3.05) is 0 Å². The zero-order valence-corrected chi connectivity index (χ0v) is 14.5. The van der Waals surface area contributed by atoms with Crippen molar-refractivity contribution in [3.8, 4) is 17.1 Å². The molecular weight excluding hydrogens is 312 g/mol. The zero-order chi connectivity index (χ0) is 17.6. The van der Waals surface area contributed by atoms with Gasteiger partial charge in [-0.3, -0.25) is 0 Å². The van der Waals surface area contributed by atoms with Crippen LogP contribution in [-0.4, -0.2) is 24.3 Å². The number of pyridine rings is 1. The first kappa shape index (κ1) is 15.5. The van der Waals surface area contributed by atoms with E-state index >= 15 is 0 Å². The van der Waals surface area contributed by atoms with Gasteiger partial charge in [0, 0.05) is 29.9 Å². The molecule has 2 N–H and O–H groups in total. The molecule has 0 fully saturated rings. The number of rotatable bonds is 3. The molecule has 0 spiro atoms. The Morgan fingerprint density at radius 2 is 1.96 bits per heavy atom. The van der Waals surface area contributed by atoms with Gasteiger partial charge >= 0.3 is 0 Å². The Labute approximate surface area is 145 Å². The van der Waals surface area contributed by atoms with E-state index in [-0.39, 0.29) is 6.04 Å². The Kier molecular flexibility index (Phi) is 3.62. The molecule has 3 aromatic heterocycles. The lowest BCUT2D eigenvalue weighted by Crippen LogP contribution is -2.10. The van der Waals surface area contributed by atoms with Crippen molar-refractivity contribution >= 4 is 10.9 Å². The highest BCUT2D eigenvalue weighted by atomic mass is 15.3. The third-order valence-corrected chi connectivity index (χ3v) is 4.28. The van der Waals surface area contributed by atoms with E-state index < -0.39 is 0 Å². The third kappa shape index (κ3) is 2.70. The quantitative estimate of drug-likeness (QED) is 0.625. The van der Waals surface area contributed by atoms with Gasteiger partial charge in [-0.2, -0.15) is 5.10 Å². The standard InChI is InChI=1S/C19H20N6/c1-12-5-4-6-18(22-12)25-17-9-14(7-8-15(17)10-21-25)16-11-24(3)19(23-16)13(2)20/h4-11,13H,20H2,1-3H3. The van der Waals surface area contributed by atoms with E-state index in [0.717, 1.165) is 39.5 Å². The van der Waals surface area contributed by atoms with Crippen molar-refractivity contribution in [2.24, 2.45) is 12.8 Å². The molecule has 4 aromatic rings. The van der Waals surface area contributed by atoms with Crippen LogP contribution in [0.25, 0.3) is 28.0 Å². The maximum absolute atomic E-state index is 5.99. The van der Waals surface area contributed by atoms with E-state index in [1.54, 1.807) is 0 Å². The Morgan fingerprint density at radius 3 is 2.68 bits per heavy atom. The van der Waals surface area contributed by atoms with Crippen molar-refractivity contribution in [3.05, 3.63) is 60.3 Å². The number of benzene rings is 1. The molecule has 3 heterocycles. The molecule has 0 aliphatic carbocycles. The maximum Gasteiger partial charge on any atom is 0.154 e. The molecule has 1 aromatic carbocycles. The second-order valence-corrected chi connectivity index (χ2v) is 6.35. The van der Waals surface area contributed by atoms with Gasteiger partial charge in [0.05, 0.1) is 23.4 Å². The first-order valence-electron chi connectivity index (χ1n) is 8.24. The summed E-state index contributed by atoms with van der Waals surface area (Å²) in [6.07, 6.45) is 3.86. The SMILES string of the molecule is Cc1cccc(-n2ncc3ccc(-c4cn(C)c(C(C)N)n4)cc32)n1. The first-order chi connectivity index (χ1) is 12.0. The second-order valence-electron chi connectivity index (χ2n) is 6.35. The van der Waals surface area contributed by atoms with Crippen LogP contribution in [0.3, 0.4) is 0 Å². The summed E-state index contributed by atoms with van der Waals surface area (Å²) < 4.78 is 3.84. The van der Waals surface area contributed by atoms with E-state index in [9.17, 15) is 0 Å². The lowest BCUT2D eigenvalue weighted by molar-refractivity contribution is 0.686. The molecule has 6 heteroatoms. The van der Waals surface area contributed by atoms with E-state index in [0.29, 0.717) is 0 Å². The average Bonchev–Trinajstić information content (AvgIpc) is 3.17. The highest BCUT2D eigenvalue weighted by molar-refractivity contribution is 5.84. The van der Waals surface area contributed by atoms with Gasteiger partial charge in [-0.15, -0.1) is 0 Å². The molecule has 6 nitrogen and oxygen atoms in total. The van der Waals surface area contributed by atoms with Crippen LogP contribution in [0.2, 0.25) is 0 Å². The van der Waals surface area contributed by atoms with Crippen LogP contribution in [0.5, 0.6) is 0 Å². The molecule has 0 bridgehead atoms. The van der Waals surface area contributed by atoms with E-state index in [4.69, 9.17) is 5.73 Å². The number of hydrogen-bond acceptors (Lipinski definition) is 4. The Bertz CT molecular complexity index is 1060. The highest BCUT2D eigenvalue weighted by Crippen LogP contribution is 2.26. The van der Waals surface area contributed by atoms with Gasteiger partial charge < -0.3 is 10.3 Å². The number of nitrogens with two attached hydrogens (primary N) is 1. The second kappa shape index (κ2) is 5.82. The van der Waals surface area contributed by atoms with Crippen molar-refractivity contribution < 1.29 is 0 Å². The van der Waals surface area contributed by atoms with Crippen LogP contribution >= 0.6 is 0 Å². The fraction of sp³-hybridized carbons (Fsp3) is 0.211. The van der Waals surface area contributed by atoms with Crippen molar-refractivity contribution in [2.45, 2.75) is 19.9 Å². The van der Waals surface area contributed by atoms with Crippen LogP contribution in [0.1, 0.15) is 24.5 Å². The summed E-state index contributed by atoms with van der Waals surface area (Å²) in [6.45, 7) is 3.91. The van der Waals surface area contributed by atoms with Gasteiger partial charge in [-0.25, -0.2) is 14.6 Å². The largest absolute Gasteiger partial charge is 0.336 e. The molecule has 1 atom stereocenters. The Morgan fingerprint density at radius 1 is 1.12 bits per heavy atom. The molecule has 0 radical (unpaired) electrons. The van der Waals surface area contributed by atoms with Crippen LogP contribution in [0.4, 0.5) is 0 Å². The Hall–Kier alpha value is -2.99. The molecule has 0 saturated carbocycles. The monoisotopic (exact) mass is 332 g/mol. The van der Waals surface area contributed by atoms with Gasteiger partial charge in [-0.1, -0.05) is 18.2 Å². The number of aromatic nitrogens is 5. The van der Waals surface area contributed by atoms with Crippen LogP contribution in [-0.2, 0) is 7.05 Å². The molecule has 4 rings (SSSR count). The number of aryl methyl sites for hydroxylation is 2. The summed E-state index contributed by atoms with van der Waals surface area (Å²) in [6, 6.07) is 12.0. The summed E-state index contributed by atoms with van der Waals surface area (Å²) in [5.74, 6) is 1.67. The zero-order valence-electron chi connectivity index (χ0n) is 14.5. The molecule has 0 saturated heterocycles. The predicted octanol–water partition coefficient (Wildman–Crippen LogP) is 3.15. The lowest BCUT2D eigenvalue weighted by Gasteiger charge is -2.05. The molecule has 0 aliphatic heterocycles. The Balaban J connectivity index is 1.85. The van der Waals surface area contributed by atoms with E-state index in [1.807, 2.05) is 60.7 Å². The molecular formula is C19H20N6. The molecule has 1 unspecified atom stereocenters. The third-order valence-electron chi connectivity index (χ3n) is 4.28. The topological polar surface area (TPSA) is 74.5 Å². The van der Waals surface area contributed by atoms with Crippen LogP contribution in [0, 0.1) is 6.92 Å². The fourth-order valence-corrected chi connectivity index (χ4v) is 3.05. The van der Waals surface area contributed by atoms with Gasteiger partial charge in [0.25, 0.3) is 0 Å². The minimum Gasteiger partial charge on any atom is -0.336 e. The van der Waals surface area contributed by atoms with Crippen molar-refractivity contribution in [1.29, 1.82) is 0 Å².